The van der Waals surface area contributed by atoms with Crippen molar-refractivity contribution in [2.75, 3.05) is 29.9 Å². The summed E-state index contributed by atoms with van der Waals surface area (Å²) < 4.78 is 5.10. The zero-order valence-corrected chi connectivity index (χ0v) is 14.7. The molecule has 0 aliphatic carbocycles. The van der Waals surface area contributed by atoms with Gasteiger partial charge in [0, 0.05) is 24.6 Å². The van der Waals surface area contributed by atoms with E-state index in [9.17, 15) is 9.59 Å². The summed E-state index contributed by atoms with van der Waals surface area (Å²) in [6, 6.07) is 0. The lowest BCUT2D eigenvalue weighted by molar-refractivity contribution is -0.118. The van der Waals surface area contributed by atoms with Crippen LogP contribution in [-0.2, 0) is 9.53 Å². The fourth-order valence-corrected chi connectivity index (χ4v) is 2.92. The third kappa shape index (κ3) is 14.1. The number of nitrogens with one attached hydrogen (secondary N) is 2. The number of hydrogen-bond donors (Lipinski definition) is 2. The average molecular weight is 373 g/mol. The Labute approximate surface area is 130 Å². The summed E-state index contributed by atoms with van der Waals surface area (Å²) in [5.74, 6) is 1.64. The molecule has 0 radical (unpaired) electrons. The molecule has 0 unspecified atom stereocenters. The predicted molar refractivity (Wildman–Crippen MR) is 86.0 cm³/mol. The van der Waals surface area contributed by atoms with Crippen molar-refractivity contribution in [2.45, 2.75) is 26.4 Å². The van der Waals surface area contributed by atoms with Gasteiger partial charge in [-0.15, -0.1) is 0 Å². The molecule has 0 aliphatic heterocycles. The SMILES string of the molecule is CC(C)(C)OC(=O)NCCSSCCNC(=O)CBr. The highest BCUT2D eigenvalue weighted by atomic mass is 79.9. The molecule has 2 amide bonds. The molecule has 0 rings (SSSR count). The van der Waals surface area contributed by atoms with Gasteiger partial charge in [-0.05, 0) is 20.8 Å². The van der Waals surface area contributed by atoms with Crippen LogP contribution in [-0.4, -0.2) is 47.5 Å². The molecular formula is C11H21BrN2O3S2. The molecule has 0 aromatic heterocycles. The summed E-state index contributed by atoms with van der Waals surface area (Å²) >= 11 is 3.08. The van der Waals surface area contributed by atoms with Crippen molar-refractivity contribution in [3.05, 3.63) is 0 Å². The van der Waals surface area contributed by atoms with Gasteiger partial charge in [-0.3, -0.25) is 4.79 Å². The van der Waals surface area contributed by atoms with E-state index in [0.717, 1.165) is 11.5 Å². The minimum absolute atomic E-state index is 0.00260. The molecule has 0 saturated carbocycles. The lowest BCUT2D eigenvalue weighted by Crippen LogP contribution is -2.33. The second-order valence-electron chi connectivity index (χ2n) is 4.56. The summed E-state index contributed by atoms with van der Waals surface area (Å²) in [6.07, 6.45) is -0.386. The van der Waals surface area contributed by atoms with Gasteiger partial charge in [-0.1, -0.05) is 37.5 Å². The second-order valence-corrected chi connectivity index (χ2v) is 7.82. The minimum Gasteiger partial charge on any atom is -0.444 e. The van der Waals surface area contributed by atoms with Gasteiger partial charge in [0.25, 0.3) is 0 Å². The van der Waals surface area contributed by atoms with E-state index in [1.54, 1.807) is 21.6 Å². The Bertz CT molecular complexity index is 286. The Morgan fingerprint density at radius 2 is 1.63 bits per heavy atom. The normalized spacial score (nSPS) is 10.9. The Morgan fingerprint density at radius 1 is 1.11 bits per heavy atom. The first-order valence-electron chi connectivity index (χ1n) is 5.89. The van der Waals surface area contributed by atoms with Gasteiger partial charge in [-0.25, -0.2) is 4.79 Å². The van der Waals surface area contributed by atoms with Gasteiger partial charge in [-0.2, -0.15) is 0 Å². The lowest BCUT2D eigenvalue weighted by atomic mass is 10.2. The van der Waals surface area contributed by atoms with Gasteiger partial charge in [0.05, 0.1) is 5.33 Å². The third-order valence-corrected chi connectivity index (χ3v) is 4.48. The highest BCUT2D eigenvalue weighted by Crippen LogP contribution is 2.19. The Hall–Kier alpha value is -0.0800. The van der Waals surface area contributed by atoms with Crippen LogP contribution >= 0.6 is 37.5 Å². The fourth-order valence-electron chi connectivity index (χ4n) is 0.906. The number of carbonyl (C=O) groups excluding carboxylic acids is 2. The lowest BCUT2D eigenvalue weighted by Gasteiger charge is -2.19. The first kappa shape index (κ1) is 18.9. The van der Waals surface area contributed by atoms with Gasteiger partial charge in [0.1, 0.15) is 5.60 Å². The van der Waals surface area contributed by atoms with Crippen LogP contribution in [0.25, 0.3) is 0 Å². The summed E-state index contributed by atoms with van der Waals surface area (Å²) in [5.41, 5.74) is -0.459. The molecule has 0 aromatic rings. The molecule has 19 heavy (non-hydrogen) atoms. The van der Waals surface area contributed by atoms with Crippen molar-refractivity contribution in [1.29, 1.82) is 0 Å². The van der Waals surface area contributed by atoms with Gasteiger partial charge >= 0.3 is 6.09 Å². The molecule has 0 atom stereocenters. The van der Waals surface area contributed by atoms with E-state index in [1.165, 1.54) is 0 Å². The predicted octanol–water partition coefficient (Wildman–Crippen LogP) is 2.40. The van der Waals surface area contributed by atoms with Crippen LogP contribution in [0.4, 0.5) is 4.79 Å². The number of hydrogen-bond acceptors (Lipinski definition) is 5. The van der Waals surface area contributed by atoms with Crippen LogP contribution in [0.2, 0.25) is 0 Å². The number of amides is 2. The maximum absolute atomic E-state index is 11.3. The number of alkyl halides is 1. The molecule has 0 bridgehead atoms. The van der Waals surface area contributed by atoms with Crippen molar-refractivity contribution in [2.24, 2.45) is 0 Å². The van der Waals surface area contributed by atoms with Crippen LogP contribution in [0, 0.1) is 0 Å². The van der Waals surface area contributed by atoms with E-state index < -0.39 is 5.60 Å². The van der Waals surface area contributed by atoms with Crippen molar-refractivity contribution in [1.82, 2.24) is 10.6 Å². The van der Waals surface area contributed by atoms with E-state index in [0.29, 0.717) is 18.4 Å². The van der Waals surface area contributed by atoms with Crippen molar-refractivity contribution < 1.29 is 14.3 Å². The van der Waals surface area contributed by atoms with E-state index in [-0.39, 0.29) is 12.0 Å². The molecule has 8 heteroatoms. The quantitative estimate of drug-likeness (QED) is 0.389. The maximum atomic E-state index is 11.3. The Balaban J connectivity index is 3.32. The molecule has 112 valence electrons. The Kier molecular flexibility index (Phi) is 10.6. The van der Waals surface area contributed by atoms with Crippen LogP contribution in [0.5, 0.6) is 0 Å². The van der Waals surface area contributed by atoms with Gasteiger partial charge in [0.15, 0.2) is 0 Å². The molecule has 0 heterocycles. The van der Waals surface area contributed by atoms with Crippen LogP contribution < -0.4 is 10.6 Å². The van der Waals surface area contributed by atoms with Crippen LogP contribution in [0.3, 0.4) is 0 Å². The number of alkyl carbamates (subject to hydrolysis) is 1. The number of halogens is 1. The van der Waals surface area contributed by atoms with Gasteiger partial charge in [0.2, 0.25) is 5.91 Å². The number of carbonyl (C=O) groups is 2. The second kappa shape index (κ2) is 10.7. The number of ether oxygens (including phenoxy) is 1. The standard InChI is InChI=1S/C11H21BrN2O3S2/c1-11(2,3)17-10(16)14-5-7-19-18-6-4-13-9(15)8-12/h4-8H2,1-3H3,(H,13,15)(H,14,16). The number of rotatable bonds is 8. The topological polar surface area (TPSA) is 67.4 Å². The first-order chi connectivity index (χ1) is 8.85. The molecule has 0 aromatic carbocycles. The van der Waals surface area contributed by atoms with Crippen molar-refractivity contribution >= 4 is 49.5 Å². The molecule has 0 spiro atoms. The minimum atomic E-state index is -0.459. The smallest absolute Gasteiger partial charge is 0.407 e. The molecule has 5 nitrogen and oxygen atoms in total. The highest BCUT2D eigenvalue weighted by Gasteiger charge is 2.15. The molecule has 0 fully saturated rings. The van der Waals surface area contributed by atoms with E-state index in [1.807, 2.05) is 20.8 Å². The Morgan fingerprint density at radius 3 is 2.11 bits per heavy atom. The van der Waals surface area contributed by atoms with Crippen molar-refractivity contribution in [3.63, 3.8) is 0 Å². The van der Waals surface area contributed by atoms with E-state index >= 15 is 0 Å². The molecule has 0 saturated heterocycles. The third-order valence-electron chi connectivity index (χ3n) is 1.57. The van der Waals surface area contributed by atoms with Crippen molar-refractivity contribution in [3.8, 4) is 0 Å². The monoisotopic (exact) mass is 372 g/mol. The largest absolute Gasteiger partial charge is 0.444 e. The van der Waals surface area contributed by atoms with E-state index in [2.05, 4.69) is 26.6 Å². The summed E-state index contributed by atoms with van der Waals surface area (Å²) in [4.78, 5) is 22.2. The first-order valence-corrected chi connectivity index (χ1v) is 9.50. The molecular weight excluding hydrogens is 352 g/mol. The van der Waals surface area contributed by atoms with Crippen LogP contribution in [0.1, 0.15) is 20.8 Å². The van der Waals surface area contributed by atoms with Gasteiger partial charge < -0.3 is 15.4 Å². The highest BCUT2D eigenvalue weighted by molar-refractivity contribution is 9.09. The zero-order chi connectivity index (χ0) is 14.7. The maximum Gasteiger partial charge on any atom is 0.407 e. The fraction of sp³-hybridized carbons (Fsp3) is 0.818. The average Bonchev–Trinajstić information content (AvgIpc) is 2.29. The zero-order valence-electron chi connectivity index (χ0n) is 11.5. The summed E-state index contributed by atoms with van der Waals surface area (Å²) in [7, 11) is 3.32. The molecule has 0 aliphatic rings. The molecule has 2 N–H and O–H groups in total. The van der Waals surface area contributed by atoms with Crippen LogP contribution in [0.15, 0.2) is 0 Å². The summed E-state index contributed by atoms with van der Waals surface area (Å²) in [6.45, 7) is 6.72. The van der Waals surface area contributed by atoms with E-state index in [4.69, 9.17) is 4.74 Å². The summed E-state index contributed by atoms with van der Waals surface area (Å²) in [5, 5.41) is 5.78.